The molecule has 1 aliphatic rings. The number of nitrogens with one attached hydrogen (secondary N) is 1. The first-order valence-electron chi connectivity index (χ1n) is 13.4. The fourth-order valence-corrected chi connectivity index (χ4v) is 4.59. The van der Waals surface area contributed by atoms with E-state index in [-0.39, 0.29) is 19.8 Å². The number of rotatable bonds is 13. The van der Waals surface area contributed by atoms with Gasteiger partial charge in [-0.15, -0.1) is 11.6 Å². The lowest BCUT2D eigenvalue weighted by Gasteiger charge is -2.45. The lowest BCUT2D eigenvalue weighted by Crippen LogP contribution is -2.62. The summed E-state index contributed by atoms with van der Waals surface area (Å²) >= 11 is 23.5. The molecule has 1 aliphatic heterocycles. The molecule has 5 atom stereocenters. The van der Waals surface area contributed by atoms with E-state index in [1.807, 2.05) is 91.0 Å². The molecular weight excluding hydrogens is 640 g/mol. The van der Waals surface area contributed by atoms with Crippen molar-refractivity contribution in [2.24, 2.45) is 0 Å². The molecule has 3 aromatic rings. The monoisotopic (exact) mass is 669 g/mol. The van der Waals surface area contributed by atoms with Crippen LogP contribution in [0.1, 0.15) is 16.7 Å². The van der Waals surface area contributed by atoms with Crippen molar-refractivity contribution in [3.8, 4) is 0 Å². The van der Waals surface area contributed by atoms with Crippen LogP contribution in [0.5, 0.6) is 0 Å². The van der Waals surface area contributed by atoms with Gasteiger partial charge in [0.2, 0.25) is 12.2 Å². The first-order chi connectivity index (χ1) is 20.7. The molecule has 230 valence electrons. The van der Waals surface area contributed by atoms with Gasteiger partial charge in [-0.25, -0.2) is 0 Å². The van der Waals surface area contributed by atoms with Crippen LogP contribution < -0.4 is 0 Å². The van der Waals surface area contributed by atoms with Crippen LogP contribution in [0.15, 0.2) is 91.0 Å². The van der Waals surface area contributed by atoms with Crippen molar-refractivity contribution < 1.29 is 33.2 Å². The van der Waals surface area contributed by atoms with Crippen molar-refractivity contribution in [1.82, 2.24) is 0 Å². The number of esters is 1. The number of benzene rings is 3. The Labute approximate surface area is 270 Å². The van der Waals surface area contributed by atoms with E-state index < -0.39 is 52.2 Å². The van der Waals surface area contributed by atoms with Gasteiger partial charge < -0.3 is 28.4 Å². The second-order valence-electron chi connectivity index (χ2n) is 9.60. The Balaban J connectivity index is 1.66. The summed E-state index contributed by atoms with van der Waals surface area (Å²) in [6, 6.07) is 28.6. The highest BCUT2D eigenvalue weighted by Gasteiger charge is 2.52. The number of carbonyl (C=O) groups excluding carboxylic acids is 1. The fraction of sp³-hybridized carbons (Fsp3) is 0.355. The number of ether oxygens (including phenoxy) is 6. The Morgan fingerprint density at radius 2 is 1.21 bits per heavy atom. The largest absolute Gasteiger partial charge is 0.452 e. The topological polar surface area (TPSA) is 96.3 Å². The van der Waals surface area contributed by atoms with Gasteiger partial charge in [0.1, 0.15) is 24.2 Å². The van der Waals surface area contributed by atoms with Crippen molar-refractivity contribution in [3.05, 3.63) is 108 Å². The third-order valence-electron chi connectivity index (χ3n) is 6.42. The molecule has 4 rings (SSSR count). The van der Waals surface area contributed by atoms with Crippen LogP contribution >= 0.6 is 46.4 Å². The number of carbonyl (C=O) groups is 1. The summed E-state index contributed by atoms with van der Waals surface area (Å²) in [6.07, 6.45) is -5.28. The number of halogens is 4. The van der Waals surface area contributed by atoms with Gasteiger partial charge in [0.05, 0.1) is 26.4 Å². The van der Waals surface area contributed by atoms with E-state index in [2.05, 4.69) is 0 Å². The quantitative estimate of drug-likeness (QED) is 0.0946. The Hall–Kier alpha value is -2.40. The van der Waals surface area contributed by atoms with Crippen LogP contribution in [0.3, 0.4) is 0 Å². The van der Waals surface area contributed by atoms with Gasteiger partial charge in [-0.2, -0.15) is 0 Å². The molecule has 0 amide bonds. The molecule has 0 unspecified atom stereocenters. The maximum atomic E-state index is 12.5. The third-order valence-corrected chi connectivity index (χ3v) is 7.16. The highest BCUT2D eigenvalue weighted by atomic mass is 35.6. The molecule has 12 heteroatoms. The Bertz CT molecular complexity index is 1280. The van der Waals surface area contributed by atoms with Crippen LogP contribution in [0.4, 0.5) is 0 Å². The first kappa shape index (κ1) is 33.5. The first-order valence-corrected chi connectivity index (χ1v) is 15.1. The summed E-state index contributed by atoms with van der Waals surface area (Å²) < 4.78 is 34.2. The summed E-state index contributed by atoms with van der Waals surface area (Å²) in [5.41, 5.74) is 2.72. The standard InChI is InChI=1S/C31H31Cl4NO7/c32-16-25(37)42-28-27(40-19-23-14-8-3-9-15-23)26(39-18-22-12-6-2-7-13-22)24(20-38-17-21-10-4-1-5-11-21)41-29(28)43-30(36)31(33,34)35/h1-15,24,26-29,36H,16-20H2/t24-,26+,27+,28-,29-/m1/s1. The predicted octanol–water partition coefficient (Wildman–Crippen LogP) is 6.61. The number of hydrogen-bond acceptors (Lipinski definition) is 8. The van der Waals surface area contributed by atoms with Gasteiger partial charge in [-0.1, -0.05) is 126 Å². The molecule has 0 bridgehead atoms. The Kier molecular flexibility index (Phi) is 12.9. The van der Waals surface area contributed by atoms with E-state index in [0.29, 0.717) is 6.61 Å². The van der Waals surface area contributed by atoms with E-state index in [9.17, 15) is 4.79 Å². The van der Waals surface area contributed by atoms with Gasteiger partial charge >= 0.3 is 5.97 Å². The third kappa shape index (κ3) is 10.3. The van der Waals surface area contributed by atoms with E-state index in [0.717, 1.165) is 16.7 Å². The predicted molar refractivity (Wildman–Crippen MR) is 164 cm³/mol. The van der Waals surface area contributed by atoms with Crippen LogP contribution in [0.25, 0.3) is 0 Å². The molecule has 1 N–H and O–H groups in total. The highest BCUT2D eigenvalue weighted by Crippen LogP contribution is 2.34. The minimum Gasteiger partial charge on any atom is -0.452 e. The normalized spacial score (nSPS) is 22.1. The second-order valence-corrected chi connectivity index (χ2v) is 12.1. The van der Waals surface area contributed by atoms with Crippen LogP contribution in [0.2, 0.25) is 0 Å². The smallest absolute Gasteiger partial charge is 0.321 e. The molecule has 43 heavy (non-hydrogen) atoms. The molecule has 1 saturated heterocycles. The summed E-state index contributed by atoms with van der Waals surface area (Å²) in [4.78, 5) is 12.5. The Morgan fingerprint density at radius 1 is 0.721 bits per heavy atom. The molecule has 1 fully saturated rings. The van der Waals surface area contributed by atoms with Gasteiger partial charge in [0, 0.05) is 0 Å². The zero-order valence-electron chi connectivity index (χ0n) is 23.0. The summed E-state index contributed by atoms with van der Waals surface area (Å²) in [7, 11) is 0. The average molecular weight is 671 g/mol. The maximum absolute atomic E-state index is 12.5. The molecule has 1 heterocycles. The van der Waals surface area contributed by atoms with Gasteiger partial charge in [0.15, 0.2) is 6.10 Å². The number of hydrogen-bond donors (Lipinski definition) is 1. The van der Waals surface area contributed by atoms with Crippen molar-refractivity contribution in [2.45, 2.75) is 54.3 Å². The van der Waals surface area contributed by atoms with Crippen molar-refractivity contribution in [3.63, 3.8) is 0 Å². The molecule has 0 spiro atoms. The SMILES string of the molecule is N=C(O[C@H]1O[C@H](COCc2ccccc2)[C@H](OCc2ccccc2)[C@H](OCc2ccccc2)[C@H]1OC(=O)CCl)C(Cl)(Cl)Cl. The molecule has 0 aromatic heterocycles. The van der Waals surface area contributed by atoms with Crippen LogP contribution in [0, 0.1) is 5.41 Å². The summed E-state index contributed by atoms with van der Waals surface area (Å²) in [5, 5.41) is 8.19. The van der Waals surface area contributed by atoms with Crippen molar-refractivity contribution in [1.29, 1.82) is 5.41 Å². The highest BCUT2D eigenvalue weighted by molar-refractivity contribution is 6.76. The number of alkyl halides is 4. The van der Waals surface area contributed by atoms with Crippen LogP contribution in [-0.2, 0) is 53.0 Å². The van der Waals surface area contributed by atoms with Gasteiger partial charge in [-0.3, -0.25) is 10.2 Å². The van der Waals surface area contributed by atoms with Crippen LogP contribution in [-0.4, -0.2) is 58.9 Å². The fourth-order valence-electron chi connectivity index (χ4n) is 4.39. The summed E-state index contributed by atoms with van der Waals surface area (Å²) in [5.74, 6) is -1.95. The minimum absolute atomic E-state index is 0.0384. The zero-order chi connectivity index (χ0) is 30.7. The second kappa shape index (κ2) is 16.6. The van der Waals surface area contributed by atoms with Gasteiger partial charge in [0.25, 0.3) is 3.79 Å². The molecule has 0 radical (unpaired) electrons. The van der Waals surface area contributed by atoms with Gasteiger partial charge in [-0.05, 0) is 16.7 Å². The minimum atomic E-state index is -2.20. The van der Waals surface area contributed by atoms with Crippen molar-refractivity contribution in [2.75, 3.05) is 12.5 Å². The van der Waals surface area contributed by atoms with E-state index >= 15 is 0 Å². The molecule has 8 nitrogen and oxygen atoms in total. The molecule has 3 aromatic carbocycles. The van der Waals surface area contributed by atoms with E-state index in [1.165, 1.54) is 0 Å². The maximum Gasteiger partial charge on any atom is 0.321 e. The average Bonchev–Trinajstić information content (AvgIpc) is 3.01. The van der Waals surface area contributed by atoms with E-state index in [4.69, 9.17) is 80.2 Å². The lowest BCUT2D eigenvalue weighted by atomic mass is 9.98. The Morgan fingerprint density at radius 3 is 1.70 bits per heavy atom. The molecule has 0 aliphatic carbocycles. The summed E-state index contributed by atoms with van der Waals surface area (Å²) in [6.45, 7) is 0.664. The van der Waals surface area contributed by atoms with E-state index in [1.54, 1.807) is 0 Å². The zero-order valence-corrected chi connectivity index (χ0v) is 26.0. The molecule has 0 saturated carbocycles. The lowest BCUT2D eigenvalue weighted by molar-refractivity contribution is -0.305. The molecular formula is C31H31Cl4NO7. The van der Waals surface area contributed by atoms with Crippen molar-refractivity contribution >= 4 is 58.3 Å².